The van der Waals surface area contributed by atoms with E-state index in [9.17, 15) is 4.79 Å². The summed E-state index contributed by atoms with van der Waals surface area (Å²) < 4.78 is 6.52. The number of nitrogens with zero attached hydrogens (tertiary/aromatic N) is 4. The number of benzene rings is 1. The monoisotopic (exact) mass is 340 g/mol. The van der Waals surface area contributed by atoms with Gasteiger partial charge in [0.05, 0.1) is 5.69 Å². The van der Waals surface area contributed by atoms with Gasteiger partial charge in [-0.2, -0.15) is 0 Å². The third-order valence-electron chi connectivity index (χ3n) is 3.04. The molecule has 6 nitrogen and oxygen atoms in total. The summed E-state index contributed by atoms with van der Waals surface area (Å²) in [6, 6.07) is 12.6. The molecule has 0 bridgehead atoms. The molecule has 2 aromatic heterocycles. The van der Waals surface area contributed by atoms with E-state index in [1.807, 2.05) is 18.2 Å². The number of hydrogen-bond donors (Lipinski definition) is 0. The van der Waals surface area contributed by atoms with Gasteiger partial charge in [0.2, 0.25) is 0 Å². The summed E-state index contributed by atoms with van der Waals surface area (Å²) in [5, 5.41) is 4.86. The highest BCUT2D eigenvalue weighted by Crippen LogP contribution is 2.18. The standard InChI is InChI=1S/C17H13ClN4O2/c18-14-5-3-4-13(10-14)17-20-12-22(21-17)9-7-16(23)24-11-15-6-1-2-8-19-15/h1-10,12H,11H2/b9-7-. The fraction of sp³-hybridized carbons (Fsp3) is 0.0588. The summed E-state index contributed by atoms with van der Waals surface area (Å²) in [5.74, 6) is 0.0319. The fourth-order valence-corrected chi connectivity index (χ4v) is 2.11. The predicted octanol–water partition coefficient (Wildman–Crippen LogP) is 3.21. The van der Waals surface area contributed by atoms with Crippen molar-refractivity contribution in [1.29, 1.82) is 0 Å². The Bertz CT molecular complexity index is 862. The molecule has 2 heterocycles. The van der Waals surface area contributed by atoms with Gasteiger partial charge in [-0.1, -0.05) is 29.8 Å². The van der Waals surface area contributed by atoms with Crippen molar-refractivity contribution in [2.45, 2.75) is 6.61 Å². The molecule has 0 amide bonds. The summed E-state index contributed by atoms with van der Waals surface area (Å²) in [4.78, 5) is 19.9. The number of carbonyl (C=O) groups is 1. The van der Waals surface area contributed by atoms with E-state index >= 15 is 0 Å². The van der Waals surface area contributed by atoms with E-state index in [0.717, 1.165) is 5.56 Å². The van der Waals surface area contributed by atoms with Crippen molar-refractivity contribution in [2.75, 3.05) is 0 Å². The third kappa shape index (κ3) is 4.27. The molecule has 0 aliphatic rings. The van der Waals surface area contributed by atoms with Gasteiger partial charge in [0.15, 0.2) is 5.82 Å². The molecule has 7 heteroatoms. The maximum Gasteiger partial charge on any atom is 0.332 e. The summed E-state index contributed by atoms with van der Waals surface area (Å²) in [7, 11) is 0. The molecule has 0 saturated heterocycles. The molecule has 1 aromatic carbocycles. The Kier molecular flexibility index (Phi) is 4.98. The van der Waals surface area contributed by atoms with Crippen molar-refractivity contribution in [3.63, 3.8) is 0 Å². The van der Waals surface area contributed by atoms with Crippen molar-refractivity contribution in [3.05, 3.63) is 71.8 Å². The Balaban J connectivity index is 1.59. The highest BCUT2D eigenvalue weighted by atomic mass is 35.5. The van der Waals surface area contributed by atoms with E-state index in [4.69, 9.17) is 16.3 Å². The van der Waals surface area contributed by atoms with Crippen LogP contribution < -0.4 is 0 Å². The number of hydrogen-bond acceptors (Lipinski definition) is 5. The summed E-state index contributed by atoms with van der Waals surface area (Å²) in [5.41, 5.74) is 1.48. The molecule has 3 aromatic rings. The Morgan fingerprint density at radius 1 is 1.21 bits per heavy atom. The van der Waals surface area contributed by atoms with Crippen molar-refractivity contribution in [1.82, 2.24) is 19.7 Å². The van der Waals surface area contributed by atoms with Gasteiger partial charge >= 0.3 is 5.97 Å². The largest absolute Gasteiger partial charge is 0.456 e. The summed E-state index contributed by atoms with van der Waals surface area (Å²) >= 11 is 5.95. The molecular weight excluding hydrogens is 328 g/mol. The van der Waals surface area contributed by atoms with Gasteiger partial charge in [-0.15, -0.1) is 5.10 Å². The van der Waals surface area contributed by atoms with E-state index in [2.05, 4.69) is 15.1 Å². The zero-order valence-electron chi connectivity index (χ0n) is 12.5. The molecule has 0 atom stereocenters. The third-order valence-corrected chi connectivity index (χ3v) is 3.28. The Morgan fingerprint density at radius 3 is 2.92 bits per heavy atom. The van der Waals surface area contributed by atoms with Gasteiger partial charge in [0.1, 0.15) is 12.9 Å². The molecule has 0 aliphatic heterocycles. The fourth-order valence-electron chi connectivity index (χ4n) is 1.92. The van der Waals surface area contributed by atoms with Crippen molar-refractivity contribution < 1.29 is 9.53 Å². The lowest BCUT2D eigenvalue weighted by molar-refractivity contribution is -0.139. The lowest BCUT2D eigenvalue weighted by atomic mass is 10.2. The minimum atomic E-state index is -0.486. The van der Waals surface area contributed by atoms with Gasteiger partial charge < -0.3 is 4.74 Å². The number of pyridine rings is 1. The molecule has 0 unspecified atom stereocenters. The minimum Gasteiger partial charge on any atom is -0.456 e. The Hall–Kier alpha value is -2.99. The van der Waals surface area contributed by atoms with Gasteiger partial charge in [0.25, 0.3) is 0 Å². The van der Waals surface area contributed by atoms with Gasteiger partial charge in [-0.3, -0.25) is 4.98 Å². The lowest BCUT2D eigenvalue weighted by Crippen LogP contribution is -2.02. The minimum absolute atomic E-state index is 0.120. The van der Waals surface area contributed by atoms with Gasteiger partial charge in [0, 0.05) is 29.1 Å². The second kappa shape index (κ2) is 7.52. The number of ether oxygens (including phenoxy) is 1. The molecule has 24 heavy (non-hydrogen) atoms. The SMILES string of the molecule is O=C(/C=C\n1cnc(-c2cccc(Cl)c2)n1)OCc1ccccn1. The quantitative estimate of drug-likeness (QED) is 0.527. The van der Waals surface area contributed by atoms with E-state index in [1.54, 1.807) is 30.5 Å². The second-order valence-corrected chi connectivity index (χ2v) is 5.24. The summed E-state index contributed by atoms with van der Waals surface area (Å²) in [6.07, 6.45) is 5.89. The average molecular weight is 341 g/mol. The van der Waals surface area contributed by atoms with Gasteiger partial charge in [-0.05, 0) is 24.3 Å². The first kappa shape index (κ1) is 15.9. The predicted molar refractivity (Wildman–Crippen MR) is 89.8 cm³/mol. The van der Waals surface area contributed by atoms with Crippen LogP contribution in [0.5, 0.6) is 0 Å². The van der Waals surface area contributed by atoms with Crippen LogP contribution in [0.15, 0.2) is 61.1 Å². The number of esters is 1. The number of rotatable bonds is 5. The van der Waals surface area contributed by atoms with Crippen LogP contribution >= 0.6 is 11.6 Å². The Morgan fingerprint density at radius 2 is 2.12 bits per heavy atom. The number of aromatic nitrogens is 4. The van der Waals surface area contributed by atoms with E-state index in [0.29, 0.717) is 16.5 Å². The van der Waals surface area contributed by atoms with Crippen LogP contribution in [0.3, 0.4) is 0 Å². The topological polar surface area (TPSA) is 69.9 Å². The van der Waals surface area contributed by atoms with Crippen LogP contribution in [-0.4, -0.2) is 25.7 Å². The maximum atomic E-state index is 11.7. The first-order chi connectivity index (χ1) is 11.7. The molecule has 0 aliphatic carbocycles. The van der Waals surface area contributed by atoms with Crippen LogP contribution in [0.2, 0.25) is 5.02 Å². The first-order valence-corrected chi connectivity index (χ1v) is 7.50. The van der Waals surface area contributed by atoms with Crippen LogP contribution in [0, 0.1) is 0 Å². The van der Waals surface area contributed by atoms with Crippen molar-refractivity contribution in [3.8, 4) is 11.4 Å². The number of halogens is 1. The van der Waals surface area contributed by atoms with Crippen molar-refractivity contribution in [2.24, 2.45) is 0 Å². The van der Waals surface area contributed by atoms with E-state index in [-0.39, 0.29) is 6.61 Å². The first-order valence-electron chi connectivity index (χ1n) is 7.13. The molecule has 0 saturated carbocycles. The lowest BCUT2D eigenvalue weighted by Gasteiger charge is -2.00. The van der Waals surface area contributed by atoms with Crippen LogP contribution in [0.4, 0.5) is 0 Å². The van der Waals surface area contributed by atoms with Crippen molar-refractivity contribution >= 4 is 23.8 Å². The normalized spacial score (nSPS) is 10.9. The molecule has 0 spiro atoms. The molecule has 0 fully saturated rings. The molecule has 120 valence electrons. The van der Waals surface area contributed by atoms with Gasteiger partial charge in [-0.25, -0.2) is 14.5 Å². The molecule has 3 rings (SSSR count). The number of carbonyl (C=O) groups excluding carboxylic acids is 1. The van der Waals surface area contributed by atoms with Crippen LogP contribution in [0.1, 0.15) is 5.69 Å². The smallest absolute Gasteiger partial charge is 0.332 e. The zero-order valence-corrected chi connectivity index (χ0v) is 13.3. The van der Waals surface area contributed by atoms with Crippen LogP contribution in [0.25, 0.3) is 17.6 Å². The van der Waals surface area contributed by atoms with Crippen LogP contribution in [-0.2, 0) is 16.1 Å². The summed E-state index contributed by atoms with van der Waals surface area (Å²) in [6.45, 7) is 0.120. The second-order valence-electron chi connectivity index (χ2n) is 4.80. The highest BCUT2D eigenvalue weighted by molar-refractivity contribution is 6.30. The maximum absolute atomic E-state index is 11.7. The van der Waals surface area contributed by atoms with E-state index in [1.165, 1.54) is 23.3 Å². The molecular formula is C17H13ClN4O2. The molecule has 0 N–H and O–H groups in total. The average Bonchev–Trinajstić information content (AvgIpc) is 3.08. The highest BCUT2D eigenvalue weighted by Gasteiger charge is 2.04. The van der Waals surface area contributed by atoms with E-state index < -0.39 is 5.97 Å². The molecule has 0 radical (unpaired) electrons. The Labute approximate surface area is 143 Å². The zero-order chi connectivity index (χ0) is 16.8.